The van der Waals surface area contributed by atoms with Gasteiger partial charge in [-0.2, -0.15) is 0 Å². The molecule has 0 aromatic carbocycles. The molecule has 4 heteroatoms. The first-order valence-corrected chi connectivity index (χ1v) is 5.37. The van der Waals surface area contributed by atoms with Crippen LogP contribution in [-0.2, 0) is 0 Å². The van der Waals surface area contributed by atoms with Gasteiger partial charge >= 0.3 is 0 Å². The van der Waals surface area contributed by atoms with Crippen molar-refractivity contribution in [3.8, 4) is 0 Å². The van der Waals surface area contributed by atoms with Crippen molar-refractivity contribution in [2.24, 2.45) is 5.92 Å². The number of hydrogen-bond acceptors (Lipinski definition) is 4. The number of pyridine rings is 1. The standard InChI is InChI=1S/C11H17N3O/c12-10-4-1-5-13-11(10)14-6-2-3-9(7-14)8-15/h1,4-5,9,15H,2-3,6-8,12H2. The highest BCUT2D eigenvalue weighted by molar-refractivity contribution is 5.62. The maximum Gasteiger partial charge on any atom is 0.151 e. The first kappa shape index (κ1) is 10.2. The van der Waals surface area contributed by atoms with Gasteiger partial charge in [0.25, 0.3) is 0 Å². The number of aliphatic hydroxyl groups is 1. The third-order valence-electron chi connectivity index (χ3n) is 2.89. The fourth-order valence-electron chi connectivity index (χ4n) is 2.08. The first-order chi connectivity index (χ1) is 7.31. The van der Waals surface area contributed by atoms with Gasteiger partial charge in [-0.25, -0.2) is 4.98 Å². The van der Waals surface area contributed by atoms with Crippen molar-refractivity contribution in [2.75, 3.05) is 30.3 Å². The molecule has 0 spiro atoms. The van der Waals surface area contributed by atoms with E-state index in [4.69, 9.17) is 10.8 Å². The molecule has 1 atom stereocenters. The summed E-state index contributed by atoms with van der Waals surface area (Å²) in [5, 5.41) is 9.15. The minimum atomic E-state index is 0.253. The van der Waals surface area contributed by atoms with E-state index in [1.807, 2.05) is 12.1 Å². The molecule has 0 saturated carbocycles. The van der Waals surface area contributed by atoms with Crippen molar-refractivity contribution in [2.45, 2.75) is 12.8 Å². The van der Waals surface area contributed by atoms with E-state index in [2.05, 4.69) is 9.88 Å². The van der Waals surface area contributed by atoms with Crippen LogP contribution in [0.2, 0.25) is 0 Å². The largest absolute Gasteiger partial charge is 0.396 e. The van der Waals surface area contributed by atoms with Gasteiger partial charge in [0.1, 0.15) is 0 Å². The number of nitrogens with two attached hydrogens (primary N) is 1. The minimum absolute atomic E-state index is 0.253. The van der Waals surface area contributed by atoms with Crippen molar-refractivity contribution < 1.29 is 5.11 Å². The van der Waals surface area contributed by atoms with E-state index >= 15 is 0 Å². The molecule has 1 aliphatic rings. The molecule has 82 valence electrons. The van der Waals surface area contributed by atoms with Crippen LogP contribution in [0.1, 0.15) is 12.8 Å². The van der Waals surface area contributed by atoms with E-state index in [1.54, 1.807) is 6.20 Å². The van der Waals surface area contributed by atoms with Gasteiger partial charge in [0.05, 0.1) is 5.69 Å². The molecule has 2 heterocycles. The molecular weight excluding hydrogens is 190 g/mol. The SMILES string of the molecule is Nc1cccnc1N1CCCC(CO)C1. The molecule has 1 saturated heterocycles. The van der Waals surface area contributed by atoms with Crippen molar-refractivity contribution >= 4 is 11.5 Å². The topological polar surface area (TPSA) is 62.4 Å². The van der Waals surface area contributed by atoms with E-state index in [0.717, 1.165) is 37.4 Å². The Balaban J connectivity index is 2.13. The smallest absolute Gasteiger partial charge is 0.151 e. The van der Waals surface area contributed by atoms with E-state index in [-0.39, 0.29) is 6.61 Å². The summed E-state index contributed by atoms with van der Waals surface area (Å²) >= 11 is 0. The molecule has 0 aliphatic carbocycles. The van der Waals surface area contributed by atoms with Crippen LogP contribution in [0.3, 0.4) is 0 Å². The predicted octanol–water partition coefficient (Wildman–Crippen LogP) is 0.872. The average molecular weight is 207 g/mol. The molecule has 0 radical (unpaired) electrons. The second kappa shape index (κ2) is 4.49. The van der Waals surface area contributed by atoms with Crippen LogP contribution < -0.4 is 10.6 Å². The third-order valence-corrected chi connectivity index (χ3v) is 2.89. The second-order valence-corrected chi connectivity index (χ2v) is 4.05. The summed E-state index contributed by atoms with van der Waals surface area (Å²) in [6, 6.07) is 3.71. The van der Waals surface area contributed by atoms with Crippen molar-refractivity contribution in [1.82, 2.24) is 4.98 Å². The van der Waals surface area contributed by atoms with Crippen LogP contribution >= 0.6 is 0 Å². The molecule has 15 heavy (non-hydrogen) atoms. The summed E-state index contributed by atoms with van der Waals surface area (Å²) in [4.78, 5) is 6.46. The van der Waals surface area contributed by atoms with Crippen LogP contribution in [0.15, 0.2) is 18.3 Å². The highest BCUT2D eigenvalue weighted by Gasteiger charge is 2.21. The Morgan fingerprint density at radius 3 is 3.20 bits per heavy atom. The van der Waals surface area contributed by atoms with Crippen LogP contribution in [0, 0.1) is 5.92 Å². The number of hydrogen-bond donors (Lipinski definition) is 2. The van der Waals surface area contributed by atoms with E-state index < -0.39 is 0 Å². The number of rotatable bonds is 2. The maximum absolute atomic E-state index is 9.15. The second-order valence-electron chi connectivity index (χ2n) is 4.05. The summed E-state index contributed by atoms with van der Waals surface area (Å²) in [7, 11) is 0. The van der Waals surface area contributed by atoms with Gasteiger partial charge in [0.15, 0.2) is 5.82 Å². The quantitative estimate of drug-likeness (QED) is 0.755. The molecule has 1 aromatic rings. The summed E-state index contributed by atoms with van der Waals surface area (Å²) in [5.74, 6) is 1.22. The molecule has 3 N–H and O–H groups in total. The zero-order chi connectivity index (χ0) is 10.7. The Morgan fingerprint density at radius 2 is 2.47 bits per heavy atom. The monoisotopic (exact) mass is 207 g/mol. The van der Waals surface area contributed by atoms with Crippen molar-refractivity contribution in [1.29, 1.82) is 0 Å². The zero-order valence-corrected chi connectivity index (χ0v) is 8.76. The van der Waals surface area contributed by atoms with E-state index in [9.17, 15) is 0 Å². The Labute approximate surface area is 89.7 Å². The lowest BCUT2D eigenvalue weighted by molar-refractivity contribution is 0.208. The molecular formula is C11H17N3O. The first-order valence-electron chi connectivity index (χ1n) is 5.37. The summed E-state index contributed by atoms with van der Waals surface area (Å²) in [5.41, 5.74) is 6.59. The Hall–Kier alpha value is -1.29. The van der Waals surface area contributed by atoms with Crippen molar-refractivity contribution in [3.63, 3.8) is 0 Å². The molecule has 1 unspecified atom stereocenters. The normalized spacial score (nSPS) is 21.7. The Morgan fingerprint density at radius 1 is 1.60 bits per heavy atom. The molecule has 0 bridgehead atoms. The summed E-state index contributed by atoms with van der Waals surface area (Å²) < 4.78 is 0. The minimum Gasteiger partial charge on any atom is -0.396 e. The lowest BCUT2D eigenvalue weighted by atomic mass is 9.99. The molecule has 1 aliphatic heterocycles. The molecule has 1 fully saturated rings. The Kier molecular flexibility index (Phi) is 3.06. The summed E-state index contributed by atoms with van der Waals surface area (Å²) in [6.45, 7) is 2.10. The van der Waals surface area contributed by atoms with Crippen LogP contribution in [0.4, 0.5) is 11.5 Å². The number of nitrogens with zero attached hydrogens (tertiary/aromatic N) is 2. The van der Waals surface area contributed by atoms with E-state index in [1.165, 1.54) is 0 Å². The van der Waals surface area contributed by atoms with Crippen LogP contribution in [0.25, 0.3) is 0 Å². The molecule has 0 amide bonds. The maximum atomic E-state index is 9.15. The number of piperidine rings is 1. The van der Waals surface area contributed by atoms with Gasteiger partial charge in [-0.15, -0.1) is 0 Å². The number of aromatic nitrogens is 1. The molecule has 1 aromatic heterocycles. The highest BCUT2D eigenvalue weighted by atomic mass is 16.3. The predicted molar refractivity (Wildman–Crippen MR) is 60.7 cm³/mol. The van der Waals surface area contributed by atoms with Gasteiger partial charge in [-0.05, 0) is 30.9 Å². The number of nitrogen functional groups attached to an aromatic ring is 1. The zero-order valence-electron chi connectivity index (χ0n) is 8.76. The van der Waals surface area contributed by atoms with Crippen LogP contribution in [0.5, 0.6) is 0 Å². The molecule has 2 rings (SSSR count). The van der Waals surface area contributed by atoms with Crippen LogP contribution in [-0.4, -0.2) is 29.8 Å². The number of anilines is 2. The van der Waals surface area contributed by atoms with Crippen molar-refractivity contribution in [3.05, 3.63) is 18.3 Å². The average Bonchev–Trinajstić information content (AvgIpc) is 2.30. The van der Waals surface area contributed by atoms with Gasteiger partial charge in [-0.1, -0.05) is 0 Å². The highest BCUT2D eigenvalue weighted by Crippen LogP contribution is 2.25. The number of aliphatic hydroxyl groups excluding tert-OH is 1. The van der Waals surface area contributed by atoms with Gasteiger partial charge in [0, 0.05) is 25.9 Å². The van der Waals surface area contributed by atoms with Gasteiger partial charge in [-0.3, -0.25) is 0 Å². The third kappa shape index (κ3) is 2.21. The lowest BCUT2D eigenvalue weighted by Crippen LogP contribution is -2.37. The Bertz CT molecular complexity index is 329. The molecule has 4 nitrogen and oxygen atoms in total. The lowest BCUT2D eigenvalue weighted by Gasteiger charge is -2.33. The van der Waals surface area contributed by atoms with E-state index in [0.29, 0.717) is 5.92 Å². The van der Waals surface area contributed by atoms with Gasteiger partial charge in [0.2, 0.25) is 0 Å². The summed E-state index contributed by atoms with van der Waals surface area (Å²) in [6.07, 6.45) is 3.95. The fraction of sp³-hybridized carbons (Fsp3) is 0.545. The fourth-order valence-corrected chi connectivity index (χ4v) is 2.08. The van der Waals surface area contributed by atoms with Gasteiger partial charge < -0.3 is 15.7 Å².